The van der Waals surface area contributed by atoms with E-state index in [1.807, 2.05) is 19.1 Å². The fraction of sp³-hybridized carbons (Fsp3) is 0.562. The van der Waals surface area contributed by atoms with Crippen molar-refractivity contribution in [2.45, 2.75) is 46.1 Å². The van der Waals surface area contributed by atoms with Gasteiger partial charge in [0, 0.05) is 11.7 Å². The molecule has 0 aromatic heterocycles. The van der Waals surface area contributed by atoms with Crippen LogP contribution < -0.4 is 5.32 Å². The molecule has 3 heteroatoms. The molecule has 1 atom stereocenters. The van der Waals surface area contributed by atoms with E-state index < -0.39 is 0 Å². The minimum Gasteiger partial charge on any atom is -0.325 e. The van der Waals surface area contributed by atoms with E-state index in [2.05, 4.69) is 30.1 Å². The van der Waals surface area contributed by atoms with Gasteiger partial charge in [-0.05, 0) is 51.8 Å². The number of likely N-dealkylation sites (tertiary alicyclic amines) is 1. The van der Waals surface area contributed by atoms with Crippen LogP contribution in [0, 0.1) is 13.8 Å². The standard InChI is InChI=1S/C16H24N2O/c1-12-7-8-15(13(2)10-12)17-16(19)11-18-9-5-4-6-14(18)3/h7-8,10,14H,4-6,9,11H2,1-3H3,(H,17,19)/t14-/m0/s1. The van der Waals surface area contributed by atoms with E-state index in [1.165, 1.54) is 24.8 Å². The summed E-state index contributed by atoms with van der Waals surface area (Å²) < 4.78 is 0. The van der Waals surface area contributed by atoms with Crippen molar-refractivity contribution in [1.82, 2.24) is 4.90 Å². The molecule has 0 spiro atoms. The summed E-state index contributed by atoms with van der Waals surface area (Å²) >= 11 is 0. The molecule has 1 amide bonds. The van der Waals surface area contributed by atoms with Crippen molar-refractivity contribution >= 4 is 11.6 Å². The minimum absolute atomic E-state index is 0.0979. The number of hydrogen-bond donors (Lipinski definition) is 1. The molecule has 1 heterocycles. The van der Waals surface area contributed by atoms with Gasteiger partial charge in [-0.3, -0.25) is 9.69 Å². The van der Waals surface area contributed by atoms with Crippen LogP contribution in [-0.2, 0) is 4.79 Å². The average Bonchev–Trinajstić information content (AvgIpc) is 2.36. The SMILES string of the molecule is Cc1ccc(NC(=O)CN2CCCC[C@@H]2C)c(C)c1. The number of amides is 1. The van der Waals surface area contributed by atoms with E-state index in [1.54, 1.807) is 0 Å². The van der Waals surface area contributed by atoms with Gasteiger partial charge in [0.1, 0.15) is 0 Å². The monoisotopic (exact) mass is 260 g/mol. The number of benzene rings is 1. The molecule has 1 aromatic carbocycles. The Hall–Kier alpha value is -1.35. The quantitative estimate of drug-likeness (QED) is 0.905. The molecule has 3 nitrogen and oxygen atoms in total. The maximum atomic E-state index is 12.1. The number of carbonyl (C=O) groups is 1. The predicted molar refractivity (Wildman–Crippen MR) is 79.4 cm³/mol. The summed E-state index contributed by atoms with van der Waals surface area (Å²) in [7, 11) is 0. The molecule has 104 valence electrons. The lowest BCUT2D eigenvalue weighted by molar-refractivity contribution is -0.118. The number of nitrogens with zero attached hydrogens (tertiary/aromatic N) is 1. The van der Waals surface area contributed by atoms with E-state index in [4.69, 9.17) is 0 Å². The fourth-order valence-corrected chi connectivity index (χ4v) is 2.72. The van der Waals surface area contributed by atoms with Crippen LogP contribution in [0.1, 0.15) is 37.3 Å². The molecule has 2 rings (SSSR count). The van der Waals surface area contributed by atoms with E-state index in [9.17, 15) is 4.79 Å². The number of anilines is 1. The zero-order chi connectivity index (χ0) is 13.8. The lowest BCUT2D eigenvalue weighted by Gasteiger charge is -2.32. The molecule has 0 unspecified atom stereocenters. The number of nitrogens with one attached hydrogen (secondary N) is 1. The van der Waals surface area contributed by atoms with Crippen molar-refractivity contribution in [2.24, 2.45) is 0 Å². The second-order valence-corrected chi connectivity index (χ2v) is 5.68. The molecule has 0 bridgehead atoms. The van der Waals surface area contributed by atoms with Gasteiger partial charge in [-0.15, -0.1) is 0 Å². The lowest BCUT2D eigenvalue weighted by atomic mass is 10.0. The van der Waals surface area contributed by atoms with Gasteiger partial charge in [0.25, 0.3) is 0 Å². The van der Waals surface area contributed by atoms with E-state index in [-0.39, 0.29) is 5.91 Å². The summed E-state index contributed by atoms with van der Waals surface area (Å²) in [5, 5.41) is 3.02. The normalized spacial score (nSPS) is 20.3. The molecular formula is C16H24N2O. The Morgan fingerprint density at radius 2 is 2.16 bits per heavy atom. The molecule has 19 heavy (non-hydrogen) atoms. The van der Waals surface area contributed by atoms with Crippen LogP contribution in [0.4, 0.5) is 5.69 Å². The van der Waals surface area contributed by atoms with Crippen LogP contribution >= 0.6 is 0 Å². The summed E-state index contributed by atoms with van der Waals surface area (Å²) in [6, 6.07) is 6.65. The summed E-state index contributed by atoms with van der Waals surface area (Å²) in [6.45, 7) is 7.86. The zero-order valence-electron chi connectivity index (χ0n) is 12.2. The summed E-state index contributed by atoms with van der Waals surface area (Å²) in [4.78, 5) is 14.4. The lowest BCUT2D eigenvalue weighted by Crippen LogP contribution is -2.42. The first-order valence-electron chi connectivity index (χ1n) is 7.17. The highest BCUT2D eigenvalue weighted by molar-refractivity contribution is 5.93. The summed E-state index contributed by atoms with van der Waals surface area (Å²) in [5.74, 6) is 0.0979. The molecule has 1 aliphatic rings. The van der Waals surface area contributed by atoms with Gasteiger partial charge in [-0.2, -0.15) is 0 Å². The van der Waals surface area contributed by atoms with Gasteiger partial charge in [-0.25, -0.2) is 0 Å². The molecule has 0 aliphatic carbocycles. The maximum Gasteiger partial charge on any atom is 0.238 e. The molecule has 1 aromatic rings. The Morgan fingerprint density at radius 1 is 1.37 bits per heavy atom. The Labute approximate surface area is 116 Å². The van der Waals surface area contributed by atoms with Gasteiger partial charge in [0.2, 0.25) is 5.91 Å². The first-order valence-corrected chi connectivity index (χ1v) is 7.17. The van der Waals surface area contributed by atoms with Crippen LogP contribution in [-0.4, -0.2) is 29.9 Å². The van der Waals surface area contributed by atoms with Gasteiger partial charge in [0.05, 0.1) is 6.54 Å². The highest BCUT2D eigenvalue weighted by Gasteiger charge is 2.20. The van der Waals surface area contributed by atoms with Crippen molar-refractivity contribution in [3.8, 4) is 0 Å². The molecule has 1 saturated heterocycles. The van der Waals surface area contributed by atoms with Crippen LogP contribution in [0.25, 0.3) is 0 Å². The molecule has 0 saturated carbocycles. The van der Waals surface area contributed by atoms with Crippen molar-refractivity contribution in [1.29, 1.82) is 0 Å². The number of hydrogen-bond acceptors (Lipinski definition) is 2. The highest BCUT2D eigenvalue weighted by atomic mass is 16.2. The number of rotatable bonds is 3. The van der Waals surface area contributed by atoms with Crippen molar-refractivity contribution in [2.75, 3.05) is 18.4 Å². The largest absolute Gasteiger partial charge is 0.325 e. The van der Waals surface area contributed by atoms with Crippen molar-refractivity contribution in [3.63, 3.8) is 0 Å². The van der Waals surface area contributed by atoms with Gasteiger partial charge in [0.15, 0.2) is 0 Å². The molecule has 1 aliphatic heterocycles. The second kappa shape index (κ2) is 6.20. The fourth-order valence-electron chi connectivity index (χ4n) is 2.72. The predicted octanol–water partition coefficient (Wildman–Crippen LogP) is 3.12. The van der Waals surface area contributed by atoms with E-state index in [0.29, 0.717) is 12.6 Å². The third kappa shape index (κ3) is 3.80. The first kappa shape index (κ1) is 14.1. The van der Waals surface area contributed by atoms with E-state index >= 15 is 0 Å². The van der Waals surface area contributed by atoms with Gasteiger partial charge in [-0.1, -0.05) is 24.1 Å². The molecular weight excluding hydrogens is 236 g/mol. The Kier molecular flexibility index (Phi) is 4.59. The smallest absolute Gasteiger partial charge is 0.238 e. The number of piperidine rings is 1. The Morgan fingerprint density at radius 3 is 2.84 bits per heavy atom. The third-order valence-corrected chi connectivity index (χ3v) is 3.94. The average molecular weight is 260 g/mol. The first-order chi connectivity index (χ1) is 9.06. The number of aryl methyl sites for hydroxylation is 2. The zero-order valence-corrected chi connectivity index (χ0v) is 12.2. The van der Waals surface area contributed by atoms with Gasteiger partial charge >= 0.3 is 0 Å². The topological polar surface area (TPSA) is 32.3 Å². The van der Waals surface area contributed by atoms with Crippen molar-refractivity contribution in [3.05, 3.63) is 29.3 Å². The summed E-state index contributed by atoms with van der Waals surface area (Å²) in [5.41, 5.74) is 3.28. The molecule has 1 N–H and O–H groups in total. The molecule has 0 radical (unpaired) electrons. The van der Waals surface area contributed by atoms with Crippen LogP contribution in [0.2, 0.25) is 0 Å². The van der Waals surface area contributed by atoms with Crippen LogP contribution in [0.5, 0.6) is 0 Å². The molecule has 1 fully saturated rings. The van der Waals surface area contributed by atoms with Crippen molar-refractivity contribution < 1.29 is 4.79 Å². The summed E-state index contributed by atoms with van der Waals surface area (Å²) in [6.07, 6.45) is 3.70. The van der Waals surface area contributed by atoms with Crippen LogP contribution in [0.15, 0.2) is 18.2 Å². The highest BCUT2D eigenvalue weighted by Crippen LogP contribution is 2.18. The van der Waals surface area contributed by atoms with Crippen LogP contribution in [0.3, 0.4) is 0 Å². The number of carbonyl (C=O) groups excluding carboxylic acids is 1. The maximum absolute atomic E-state index is 12.1. The Bertz CT molecular complexity index is 456. The Balaban J connectivity index is 1.93. The second-order valence-electron chi connectivity index (χ2n) is 5.68. The van der Waals surface area contributed by atoms with E-state index in [0.717, 1.165) is 17.8 Å². The van der Waals surface area contributed by atoms with Gasteiger partial charge < -0.3 is 5.32 Å². The third-order valence-electron chi connectivity index (χ3n) is 3.94. The minimum atomic E-state index is 0.0979.